The zero-order valence-corrected chi connectivity index (χ0v) is 20.4. The molecule has 184 valence electrons. The SMILES string of the molecule is COC1CCC(Oc2ccc(-n3ccc(CC4(O)CCN(C(=O)C5(C)CC5)CC4)n3)cc2)CC1. The normalized spacial score (nSPS) is 25.7. The van der Waals surface area contributed by atoms with Gasteiger partial charge in [0.05, 0.1) is 29.2 Å². The lowest BCUT2D eigenvalue weighted by Crippen LogP contribution is -2.49. The number of piperidine rings is 1. The van der Waals surface area contributed by atoms with Crippen molar-refractivity contribution >= 4 is 5.91 Å². The molecule has 5 rings (SSSR count). The molecule has 7 heteroatoms. The minimum absolute atomic E-state index is 0.141. The molecule has 2 aromatic rings. The molecule has 2 saturated carbocycles. The predicted molar refractivity (Wildman–Crippen MR) is 129 cm³/mol. The van der Waals surface area contributed by atoms with E-state index in [0.29, 0.717) is 38.5 Å². The van der Waals surface area contributed by atoms with Gasteiger partial charge >= 0.3 is 0 Å². The molecule has 1 aromatic heterocycles. The Kier molecular flexibility index (Phi) is 6.42. The van der Waals surface area contributed by atoms with Crippen LogP contribution < -0.4 is 4.74 Å². The number of nitrogens with zero attached hydrogens (tertiary/aromatic N) is 3. The summed E-state index contributed by atoms with van der Waals surface area (Å²) in [5.41, 5.74) is 0.886. The Balaban J connectivity index is 1.14. The molecule has 0 atom stereocenters. The molecule has 0 unspecified atom stereocenters. The van der Waals surface area contributed by atoms with Crippen LogP contribution in [0, 0.1) is 5.41 Å². The van der Waals surface area contributed by atoms with Gasteiger partial charge in [-0.25, -0.2) is 4.68 Å². The average molecular weight is 468 g/mol. The molecule has 3 aliphatic rings. The maximum Gasteiger partial charge on any atom is 0.228 e. The van der Waals surface area contributed by atoms with E-state index in [1.807, 2.05) is 46.1 Å². The Bertz CT molecular complexity index is 982. The van der Waals surface area contributed by atoms with Crippen molar-refractivity contribution in [3.8, 4) is 11.4 Å². The van der Waals surface area contributed by atoms with E-state index in [0.717, 1.165) is 55.7 Å². The molecule has 1 amide bonds. The van der Waals surface area contributed by atoms with Crippen molar-refractivity contribution in [3.05, 3.63) is 42.2 Å². The monoisotopic (exact) mass is 467 g/mol. The molecule has 3 fully saturated rings. The second kappa shape index (κ2) is 9.34. The number of hydrogen-bond donors (Lipinski definition) is 1. The number of aliphatic hydroxyl groups is 1. The zero-order chi connectivity index (χ0) is 23.8. The van der Waals surface area contributed by atoms with Gasteiger partial charge in [0.25, 0.3) is 0 Å². The van der Waals surface area contributed by atoms with Crippen LogP contribution in [0.15, 0.2) is 36.5 Å². The second-order valence-corrected chi connectivity index (χ2v) is 10.8. The number of rotatable bonds is 7. The molecule has 2 aliphatic carbocycles. The molecular weight excluding hydrogens is 430 g/mol. The molecule has 1 aromatic carbocycles. The third-order valence-electron chi connectivity index (χ3n) is 8.01. The Hall–Kier alpha value is -2.38. The van der Waals surface area contributed by atoms with Gasteiger partial charge in [0.15, 0.2) is 0 Å². The van der Waals surface area contributed by atoms with E-state index < -0.39 is 5.60 Å². The molecule has 2 heterocycles. The quantitative estimate of drug-likeness (QED) is 0.668. The van der Waals surface area contributed by atoms with Crippen LogP contribution in [0.4, 0.5) is 0 Å². The van der Waals surface area contributed by atoms with Crippen LogP contribution in [-0.4, -0.2) is 63.7 Å². The maximum absolute atomic E-state index is 12.6. The van der Waals surface area contributed by atoms with Crippen molar-refractivity contribution < 1.29 is 19.4 Å². The molecule has 0 spiro atoms. The van der Waals surface area contributed by atoms with Crippen molar-refractivity contribution in [2.45, 2.75) is 82.5 Å². The molecule has 0 radical (unpaired) electrons. The van der Waals surface area contributed by atoms with E-state index in [4.69, 9.17) is 14.6 Å². The third kappa shape index (κ3) is 5.15. The first-order valence-electron chi connectivity index (χ1n) is 12.7. The van der Waals surface area contributed by atoms with Gasteiger partial charge < -0.3 is 19.5 Å². The Morgan fingerprint density at radius 2 is 1.68 bits per heavy atom. The standard InChI is InChI=1S/C27H37N3O4/c1-26(12-13-26)25(31)29-17-14-27(32,15-18-29)19-20-11-16-30(28-20)21-3-5-23(6-4-21)34-24-9-7-22(33-2)8-10-24/h3-6,11,16,22,24,32H,7-10,12-15,17-19H2,1-2H3. The summed E-state index contributed by atoms with van der Waals surface area (Å²) in [6.07, 6.45) is 10.4. The number of methoxy groups -OCH3 is 1. The predicted octanol–water partition coefficient (Wildman–Crippen LogP) is 3.90. The van der Waals surface area contributed by atoms with Gasteiger partial charge in [-0.3, -0.25) is 4.79 Å². The highest BCUT2D eigenvalue weighted by Gasteiger charge is 2.48. The van der Waals surface area contributed by atoms with E-state index in [2.05, 4.69) is 6.92 Å². The summed E-state index contributed by atoms with van der Waals surface area (Å²) >= 11 is 0. The Morgan fingerprint density at radius 1 is 1.03 bits per heavy atom. The summed E-state index contributed by atoms with van der Waals surface area (Å²) in [6.45, 7) is 3.30. The lowest BCUT2D eigenvalue weighted by atomic mass is 9.86. The fourth-order valence-corrected chi connectivity index (χ4v) is 5.28. The maximum atomic E-state index is 12.6. The number of carbonyl (C=O) groups excluding carboxylic acids is 1. The summed E-state index contributed by atoms with van der Waals surface area (Å²) in [5, 5.41) is 15.8. The van der Waals surface area contributed by atoms with E-state index in [1.165, 1.54) is 0 Å². The van der Waals surface area contributed by atoms with Gasteiger partial charge in [-0.2, -0.15) is 5.10 Å². The number of likely N-dealkylation sites (tertiary alicyclic amines) is 1. The number of hydrogen-bond acceptors (Lipinski definition) is 5. The Labute approximate surface area is 202 Å². The van der Waals surface area contributed by atoms with Gasteiger partial charge in [0, 0.05) is 38.2 Å². The van der Waals surface area contributed by atoms with Gasteiger partial charge in [-0.1, -0.05) is 6.92 Å². The highest BCUT2D eigenvalue weighted by Crippen LogP contribution is 2.47. The molecular formula is C27H37N3O4. The first-order chi connectivity index (χ1) is 16.4. The smallest absolute Gasteiger partial charge is 0.228 e. The summed E-state index contributed by atoms with van der Waals surface area (Å²) in [7, 11) is 1.78. The number of ether oxygens (including phenoxy) is 2. The Morgan fingerprint density at radius 3 is 2.29 bits per heavy atom. The summed E-state index contributed by atoms with van der Waals surface area (Å²) < 4.78 is 13.5. The first-order valence-corrected chi connectivity index (χ1v) is 12.7. The molecule has 1 N–H and O–H groups in total. The number of carbonyl (C=O) groups is 1. The molecule has 1 aliphatic heterocycles. The topological polar surface area (TPSA) is 76.8 Å². The second-order valence-electron chi connectivity index (χ2n) is 10.8. The van der Waals surface area contributed by atoms with Crippen molar-refractivity contribution in [2.24, 2.45) is 5.41 Å². The van der Waals surface area contributed by atoms with Crippen molar-refractivity contribution in [3.63, 3.8) is 0 Å². The largest absolute Gasteiger partial charge is 0.490 e. The van der Waals surface area contributed by atoms with Gasteiger partial charge in [-0.05, 0) is 81.7 Å². The fraction of sp³-hybridized carbons (Fsp3) is 0.630. The summed E-state index contributed by atoms with van der Waals surface area (Å²) in [5.74, 6) is 1.14. The highest BCUT2D eigenvalue weighted by atomic mass is 16.5. The number of amides is 1. The molecule has 0 bridgehead atoms. The fourth-order valence-electron chi connectivity index (χ4n) is 5.28. The van der Waals surface area contributed by atoms with E-state index >= 15 is 0 Å². The van der Waals surface area contributed by atoms with E-state index in [9.17, 15) is 9.90 Å². The van der Waals surface area contributed by atoms with Crippen LogP contribution in [0.2, 0.25) is 0 Å². The van der Waals surface area contributed by atoms with E-state index in [1.54, 1.807) is 7.11 Å². The summed E-state index contributed by atoms with van der Waals surface area (Å²) in [4.78, 5) is 14.5. The molecule has 34 heavy (non-hydrogen) atoms. The van der Waals surface area contributed by atoms with Crippen LogP contribution >= 0.6 is 0 Å². The van der Waals surface area contributed by atoms with Crippen LogP contribution in [-0.2, 0) is 16.0 Å². The molecule has 7 nitrogen and oxygen atoms in total. The molecule has 1 saturated heterocycles. The first kappa shape index (κ1) is 23.4. The number of benzene rings is 1. The third-order valence-corrected chi connectivity index (χ3v) is 8.01. The van der Waals surface area contributed by atoms with Crippen LogP contribution in [0.5, 0.6) is 5.75 Å². The van der Waals surface area contributed by atoms with Crippen molar-refractivity contribution in [1.29, 1.82) is 0 Å². The zero-order valence-electron chi connectivity index (χ0n) is 20.4. The van der Waals surface area contributed by atoms with Gasteiger partial charge in [0.2, 0.25) is 5.91 Å². The lowest BCUT2D eigenvalue weighted by Gasteiger charge is -2.39. The van der Waals surface area contributed by atoms with Gasteiger partial charge in [0.1, 0.15) is 5.75 Å². The van der Waals surface area contributed by atoms with Crippen molar-refractivity contribution in [2.75, 3.05) is 20.2 Å². The van der Waals surface area contributed by atoms with Crippen LogP contribution in [0.3, 0.4) is 0 Å². The number of aromatic nitrogens is 2. The van der Waals surface area contributed by atoms with E-state index in [-0.39, 0.29) is 17.4 Å². The highest BCUT2D eigenvalue weighted by molar-refractivity contribution is 5.85. The summed E-state index contributed by atoms with van der Waals surface area (Å²) in [6, 6.07) is 10.0. The van der Waals surface area contributed by atoms with Crippen LogP contribution in [0.25, 0.3) is 5.69 Å². The van der Waals surface area contributed by atoms with Gasteiger partial charge in [-0.15, -0.1) is 0 Å². The van der Waals surface area contributed by atoms with Crippen LogP contribution in [0.1, 0.15) is 64.0 Å². The lowest BCUT2D eigenvalue weighted by molar-refractivity contribution is -0.140. The van der Waals surface area contributed by atoms with Crippen molar-refractivity contribution in [1.82, 2.24) is 14.7 Å². The minimum Gasteiger partial charge on any atom is -0.490 e. The average Bonchev–Trinajstić information content (AvgIpc) is 3.44. The minimum atomic E-state index is -0.806.